The highest BCUT2D eigenvalue weighted by molar-refractivity contribution is 6.30. The van der Waals surface area contributed by atoms with Crippen LogP contribution in [-0.4, -0.2) is 62.7 Å². The van der Waals surface area contributed by atoms with Gasteiger partial charge >= 0.3 is 0 Å². The number of halogens is 1. The quantitative estimate of drug-likeness (QED) is 0.393. The van der Waals surface area contributed by atoms with Crippen molar-refractivity contribution < 1.29 is 14.3 Å². The Morgan fingerprint density at radius 2 is 1.75 bits per heavy atom. The van der Waals surface area contributed by atoms with Crippen LogP contribution < -0.4 is 15.5 Å². The van der Waals surface area contributed by atoms with Gasteiger partial charge in [-0.1, -0.05) is 29.8 Å². The summed E-state index contributed by atoms with van der Waals surface area (Å²) in [6.45, 7) is 9.78. The van der Waals surface area contributed by atoms with Crippen molar-refractivity contribution in [1.29, 1.82) is 0 Å². The third kappa shape index (κ3) is 6.56. The van der Waals surface area contributed by atoms with Crippen LogP contribution >= 0.6 is 11.6 Å². The molecule has 0 aromatic heterocycles. The van der Waals surface area contributed by atoms with Gasteiger partial charge in [0.15, 0.2) is 0 Å². The molecule has 1 unspecified atom stereocenters. The minimum Gasteiger partial charge on any atom is -0.379 e. The first-order valence-corrected chi connectivity index (χ1v) is 14.4. The van der Waals surface area contributed by atoms with Gasteiger partial charge in [-0.15, -0.1) is 0 Å². The topological polar surface area (TPSA) is 73.9 Å². The van der Waals surface area contributed by atoms with E-state index in [9.17, 15) is 9.59 Å². The molecule has 3 aromatic rings. The van der Waals surface area contributed by atoms with E-state index in [-0.39, 0.29) is 17.9 Å². The number of nitrogens with one attached hydrogen (secondary N) is 2. The molecule has 8 heteroatoms. The largest absolute Gasteiger partial charge is 0.379 e. The Balaban J connectivity index is 1.32. The van der Waals surface area contributed by atoms with Crippen molar-refractivity contribution >= 4 is 34.8 Å². The molecule has 210 valence electrons. The van der Waals surface area contributed by atoms with Crippen molar-refractivity contribution in [2.24, 2.45) is 0 Å². The monoisotopic (exact) mass is 560 g/mol. The van der Waals surface area contributed by atoms with Crippen molar-refractivity contribution in [3.63, 3.8) is 0 Å². The summed E-state index contributed by atoms with van der Waals surface area (Å²) < 4.78 is 5.46. The van der Waals surface area contributed by atoms with Gasteiger partial charge in [0.25, 0.3) is 11.8 Å². The van der Waals surface area contributed by atoms with Crippen LogP contribution in [0.4, 0.5) is 11.4 Å². The molecule has 0 radical (unpaired) electrons. The van der Waals surface area contributed by atoms with E-state index in [1.54, 1.807) is 6.07 Å². The van der Waals surface area contributed by atoms with E-state index in [2.05, 4.69) is 15.5 Å². The lowest BCUT2D eigenvalue weighted by molar-refractivity contribution is 0.0381. The fraction of sp³-hybridized carbons (Fsp3) is 0.375. The SMILES string of the molecule is Cc1ccccc1C(=O)Nc1ccc(C(=O)N2CCCC(NCCN3CCOCC3)c3cc(Cl)ccc32)c(C)c1. The zero-order chi connectivity index (χ0) is 28.1. The molecule has 2 heterocycles. The number of fused-ring (bicyclic) bond motifs is 1. The fourth-order valence-corrected chi connectivity index (χ4v) is 5.76. The van der Waals surface area contributed by atoms with Crippen molar-refractivity contribution in [1.82, 2.24) is 10.2 Å². The molecule has 7 nitrogen and oxygen atoms in total. The molecular weight excluding hydrogens is 524 g/mol. The molecule has 1 atom stereocenters. The fourth-order valence-electron chi connectivity index (χ4n) is 5.58. The molecule has 0 spiro atoms. The highest BCUT2D eigenvalue weighted by Gasteiger charge is 2.28. The smallest absolute Gasteiger partial charge is 0.258 e. The summed E-state index contributed by atoms with van der Waals surface area (Å²) in [4.78, 5) is 31.0. The third-order valence-corrected chi connectivity index (χ3v) is 8.04. The van der Waals surface area contributed by atoms with E-state index < -0.39 is 0 Å². The molecule has 3 aromatic carbocycles. The maximum absolute atomic E-state index is 13.9. The number of hydrogen-bond acceptors (Lipinski definition) is 5. The Morgan fingerprint density at radius 3 is 2.52 bits per heavy atom. The molecule has 1 saturated heterocycles. The lowest BCUT2D eigenvalue weighted by atomic mass is 10.0. The molecule has 0 bridgehead atoms. The Hall–Kier alpha value is -3.23. The number of rotatable bonds is 7. The summed E-state index contributed by atoms with van der Waals surface area (Å²) in [5.41, 5.74) is 5.59. The second kappa shape index (κ2) is 13.0. The van der Waals surface area contributed by atoms with Crippen molar-refractivity contribution in [2.75, 3.05) is 56.2 Å². The van der Waals surface area contributed by atoms with Gasteiger partial charge in [0, 0.05) is 66.3 Å². The molecular formula is C32H37ClN4O3. The molecule has 1 fully saturated rings. The molecule has 0 saturated carbocycles. The molecule has 0 aliphatic carbocycles. The van der Waals surface area contributed by atoms with Gasteiger partial charge in [-0.25, -0.2) is 0 Å². The Labute approximate surface area is 241 Å². The van der Waals surface area contributed by atoms with Gasteiger partial charge in [0.1, 0.15) is 0 Å². The maximum Gasteiger partial charge on any atom is 0.258 e. The Bertz CT molecular complexity index is 1370. The average Bonchev–Trinajstić information content (AvgIpc) is 3.12. The number of amides is 2. The Morgan fingerprint density at radius 1 is 0.950 bits per heavy atom. The van der Waals surface area contributed by atoms with Crippen molar-refractivity contribution in [3.05, 3.63) is 93.5 Å². The standard InChI is InChI=1S/C32H37ClN4O3/c1-22-6-3-4-7-26(22)31(38)35-25-10-11-27(23(2)20-25)32(39)37-14-5-8-29(28-21-24(33)9-12-30(28)37)34-13-15-36-16-18-40-19-17-36/h3-4,6-7,9-12,20-21,29,34H,5,8,13-19H2,1-2H3,(H,35,38). The van der Waals surface area contributed by atoms with Gasteiger partial charge in [0.2, 0.25) is 0 Å². The second-order valence-corrected chi connectivity index (χ2v) is 11.0. The van der Waals surface area contributed by atoms with Gasteiger partial charge in [0.05, 0.1) is 13.2 Å². The predicted molar refractivity (Wildman–Crippen MR) is 161 cm³/mol. The number of nitrogens with zero attached hydrogens (tertiary/aromatic N) is 2. The lowest BCUT2D eigenvalue weighted by Crippen LogP contribution is -2.40. The molecule has 2 amide bonds. The molecule has 2 aliphatic rings. The lowest BCUT2D eigenvalue weighted by Gasteiger charge is -2.28. The highest BCUT2D eigenvalue weighted by Crippen LogP contribution is 2.36. The summed E-state index contributed by atoms with van der Waals surface area (Å²) in [7, 11) is 0. The van der Waals surface area contributed by atoms with E-state index in [1.807, 2.05) is 73.3 Å². The summed E-state index contributed by atoms with van der Waals surface area (Å²) in [6, 6.07) is 18.9. The number of aryl methyl sites for hydroxylation is 2. The summed E-state index contributed by atoms with van der Waals surface area (Å²) in [5.74, 6) is -0.214. The number of carbonyl (C=O) groups is 2. The van der Waals surface area contributed by atoms with Crippen LogP contribution in [0.15, 0.2) is 60.7 Å². The van der Waals surface area contributed by atoms with Crippen molar-refractivity contribution in [2.45, 2.75) is 32.7 Å². The van der Waals surface area contributed by atoms with Crippen molar-refractivity contribution in [3.8, 4) is 0 Å². The third-order valence-electron chi connectivity index (χ3n) is 7.80. The first-order valence-electron chi connectivity index (χ1n) is 14.0. The number of hydrogen-bond donors (Lipinski definition) is 2. The van der Waals surface area contributed by atoms with Crippen LogP contribution in [0, 0.1) is 13.8 Å². The minimum absolute atomic E-state index is 0.0492. The van der Waals surface area contributed by atoms with Gasteiger partial charge in [-0.3, -0.25) is 14.5 Å². The van der Waals surface area contributed by atoms with Crippen LogP contribution in [-0.2, 0) is 4.74 Å². The molecule has 2 aliphatic heterocycles. The normalized spacial score (nSPS) is 17.7. The summed E-state index contributed by atoms with van der Waals surface area (Å²) in [5, 5.41) is 7.36. The van der Waals surface area contributed by atoms with E-state index in [4.69, 9.17) is 16.3 Å². The van der Waals surface area contributed by atoms with E-state index in [0.29, 0.717) is 28.4 Å². The highest BCUT2D eigenvalue weighted by atomic mass is 35.5. The van der Waals surface area contributed by atoms with Gasteiger partial charge in [-0.2, -0.15) is 0 Å². The first kappa shape index (κ1) is 28.3. The Kier molecular flexibility index (Phi) is 9.17. The van der Waals surface area contributed by atoms with Crippen LogP contribution in [0.2, 0.25) is 5.02 Å². The molecule has 2 N–H and O–H groups in total. The summed E-state index contributed by atoms with van der Waals surface area (Å²) >= 11 is 6.45. The average molecular weight is 561 g/mol. The number of carbonyl (C=O) groups excluding carboxylic acids is 2. The van der Waals surface area contributed by atoms with Gasteiger partial charge in [-0.05, 0) is 85.8 Å². The zero-order valence-corrected chi connectivity index (χ0v) is 24.0. The van der Waals surface area contributed by atoms with Crippen LogP contribution in [0.1, 0.15) is 56.3 Å². The minimum atomic E-state index is -0.165. The predicted octanol–water partition coefficient (Wildman–Crippen LogP) is 5.61. The first-order chi connectivity index (χ1) is 19.4. The van der Waals surface area contributed by atoms with E-state index in [0.717, 1.165) is 74.6 Å². The van der Waals surface area contributed by atoms with Crippen LogP contribution in [0.25, 0.3) is 0 Å². The zero-order valence-electron chi connectivity index (χ0n) is 23.2. The number of benzene rings is 3. The molecule has 5 rings (SSSR count). The van der Waals surface area contributed by atoms with E-state index >= 15 is 0 Å². The number of morpholine rings is 1. The van der Waals surface area contributed by atoms with E-state index in [1.165, 1.54) is 0 Å². The number of ether oxygens (including phenoxy) is 1. The summed E-state index contributed by atoms with van der Waals surface area (Å²) in [6.07, 6.45) is 1.79. The molecule has 40 heavy (non-hydrogen) atoms. The number of anilines is 2. The second-order valence-electron chi connectivity index (χ2n) is 10.6. The van der Waals surface area contributed by atoms with Crippen LogP contribution in [0.5, 0.6) is 0 Å². The maximum atomic E-state index is 13.9. The van der Waals surface area contributed by atoms with Crippen LogP contribution in [0.3, 0.4) is 0 Å². The van der Waals surface area contributed by atoms with Gasteiger partial charge < -0.3 is 20.3 Å².